The van der Waals surface area contributed by atoms with Crippen molar-refractivity contribution in [2.75, 3.05) is 44.2 Å². The van der Waals surface area contributed by atoms with Crippen LogP contribution in [0.1, 0.15) is 58.9 Å². The molecule has 0 amide bonds. The zero-order valence-corrected chi connectivity index (χ0v) is 26.4. The fraction of sp³-hybridized carbons (Fsp3) is 0.806. The maximum atomic E-state index is 11.0. The number of benzene rings is 1. The van der Waals surface area contributed by atoms with Crippen molar-refractivity contribution in [2.45, 2.75) is 120 Å². The maximum Gasteiger partial charge on any atom is 0.142 e. The molecule has 0 spiro atoms. The molecule has 4 heterocycles. The van der Waals surface area contributed by atoms with Crippen LogP contribution in [-0.2, 0) is 14.9 Å². The van der Waals surface area contributed by atoms with E-state index in [-0.39, 0.29) is 30.0 Å². The molecule has 1 aromatic carbocycles. The maximum absolute atomic E-state index is 11.0. The van der Waals surface area contributed by atoms with E-state index in [9.17, 15) is 10.2 Å². The van der Waals surface area contributed by atoms with Crippen molar-refractivity contribution in [1.82, 2.24) is 25.8 Å². The van der Waals surface area contributed by atoms with E-state index in [2.05, 4.69) is 82.3 Å². The Labute approximate surface area is 256 Å². The molecule has 1 aliphatic carbocycles. The Kier molecular flexibility index (Phi) is 9.25. The number of aliphatic hydroxyl groups excluding tert-OH is 2. The van der Waals surface area contributed by atoms with Gasteiger partial charge in [0.1, 0.15) is 24.5 Å². The number of aliphatic hydroxyl groups is 2. The molecule has 8 atom stereocenters. The number of rotatable bonds is 11. The van der Waals surface area contributed by atoms with Gasteiger partial charge < -0.3 is 36.1 Å². The average molecular weight is 603 g/mol. The van der Waals surface area contributed by atoms with E-state index in [1.54, 1.807) is 7.11 Å². The van der Waals surface area contributed by atoms with Gasteiger partial charge in [-0.3, -0.25) is 20.9 Å². The van der Waals surface area contributed by atoms with Crippen LogP contribution in [0.15, 0.2) is 18.2 Å². The van der Waals surface area contributed by atoms with Crippen molar-refractivity contribution in [3.63, 3.8) is 0 Å². The van der Waals surface area contributed by atoms with Crippen molar-refractivity contribution in [1.29, 1.82) is 0 Å². The Bertz CT molecular complexity index is 1100. The second kappa shape index (κ2) is 12.7. The fourth-order valence-corrected chi connectivity index (χ4v) is 7.81. The average Bonchev–Trinajstić information content (AvgIpc) is 3.63. The predicted molar refractivity (Wildman–Crippen MR) is 167 cm³/mol. The predicted octanol–water partition coefficient (Wildman–Crippen LogP) is 0.483. The van der Waals surface area contributed by atoms with E-state index in [0.29, 0.717) is 44.5 Å². The molecule has 242 valence electrons. The third-order valence-corrected chi connectivity index (χ3v) is 10.5. The first-order valence-corrected chi connectivity index (χ1v) is 16.2. The van der Waals surface area contributed by atoms with Crippen LogP contribution >= 0.6 is 0 Å². The molecule has 4 fully saturated rings. The van der Waals surface area contributed by atoms with Crippen molar-refractivity contribution in [3.8, 4) is 0 Å². The minimum atomic E-state index is -0.973. The minimum Gasteiger partial charge on any atom is -0.387 e. The second-order valence-corrected chi connectivity index (χ2v) is 14.3. The van der Waals surface area contributed by atoms with Gasteiger partial charge in [0.15, 0.2) is 0 Å². The molecule has 0 bridgehead atoms. The third kappa shape index (κ3) is 6.29. The van der Waals surface area contributed by atoms with Gasteiger partial charge in [-0.15, -0.1) is 0 Å². The Morgan fingerprint density at radius 2 is 1.86 bits per heavy atom. The van der Waals surface area contributed by atoms with Crippen LogP contribution in [-0.4, -0.2) is 115 Å². The normalized spacial score (nSPS) is 37.7. The molecule has 12 nitrogen and oxygen atoms in total. The quantitative estimate of drug-likeness (QED) is 0.178. The van der Waals surface area contributed by atoms with E-state index >= 15 is 0 Å². The number of fused-ring (bicyclic) bond motifs is 2. The van der Waals surface area contributed by atoms with Crippen molar-refractivity contribution in [2.24, 2.45) is 11.7 Å². The van der Waals surface area contributed by atoms with Crippen LogP contribution in [0, 0.1) is 5.92 Å². The lowest BCUT2D eigenvalue weighted by Crippen LogP contribution is -2.68. The summed E-state index contributed by atoms with van der Waals surface area (Å²) in [5.41, 5.74) is 9.84. The summed E-state index contributed by atoms with van der Waals surface area (Å²) in [5, 5.41) is 39.4. The Balaban J connectivity index is 0.978. The summed E-state index contributed by atoms with van der Waals surface area (Å²) in [7, 11) is 1.76. The fourth-order valence-electron chi connectivity index (χ4n) is 7.81. The first kappa shape index (κ1) is 31.4. The third-order valence-electron chi connectivity index (χ3n) is 10.5. The largest absolute Gasteiger partial charge is 0.387 e. The molecule has 5 aliphatic rings. The molecule has 0 radical (unpaired) electrons. The number of methoxy groups -OCH3 is 1. The topological polar surface area (TPSA) is 152 Å². The van der Waals surface area contributed by atoms with Crippen LogP contribution in [0.3, 0.4) is 0 Å². The summed E-state index contributed by atoms with van der Waals surface area (Å²) in [6.45, 7) is 11.3. The molecule has 9 N–H and O–H groups in total. The highest BCUT2D eigenvalue weighted by Crippen LogP contribution is 2.40. The molecule has 12 heteroatoms. The molecule has 43 heavy (non-hydrogen) atoms. The van der Waals surface area contributed by atoms with E-state index in [1.807, 2.05) is 0 Å². The molecule has 6 rings (SSSR count). The molecule has 3 saturated heterocycles. The summed E-state index contributed by atoms with van der Waals surface area (Å²) in [6.07, 6.45) is 1.62. The van der Waals surface area contributed by atoms with Crippen molar-refractivity contribution < 1.29 is 19.7 Å². The first-order chi connectivity index (χ1) is 20.6. The zero-order valence-electron chi connectivity index (χ0n) is 26.4. The number of ether oxygens (including phenoxy) is 2. The summed E-state index contributed by atoms with van der Waals surface area (Å²) in [5.74, 6) is 0.685. The molecule has 1 saturated carbocycles. The van der Waals surface area contributed by atoms with E-state index in [0.717, 1.165) is 19.3 Å². The van der Waals surface area contributed by atoms with Crippen molar-refractivity contribution in [3.05, 3.63) is 23.8 Å². The minimum absolute atomic E-state index is 0.00845. The van der Waals surface area contributed by atoms with Crippen LogP contribution in [0.4, 0.5) is 11.4 Å². The van der Waals surface area contributed by atoms with Gasteiger partial charge in [0.05, 0.1) is 49.2 Å². The lowest BCUT2D eigenvalue weighted by atomic mass is 9.76. The highest BCUT2D eigenvalue weighted by atomic mass is 16.6. The van der Waals surface area contributed by atoms with Gasteiger partial charge >= 0.3 is 0 Å². The van der Waals surface area contributed by atoms with Gasteiger partial charge in [0.2, 0.25) is 0 Å². The Hall–Kier alpha value is -1.58. The number of anilines is 2. The Morgan fingerprint density at radius 1 is 1.09 bits per heavy atom. The summed E-state index contributed by atoms with van der Waals surface area (Å²) in [4.78, 5) is 4.53. The van der Waals surface area contributed by atoms with E-state index in [1.165, 1.54) is 23.4 Å². The SMILES string of the molecule is COCC(C)(C)c1ccc2c(c1)NC(CCC1CC(N(CC3OC(N4CNC5C(N)NCNC54)C(O)C3O)C(C)C)C1)N2. The van der Waals surface area contributed by atoms with Gasteiger partial charge in [0.25, 0.3) is 0 Å². The van der Waals surface area contributed by atoms with E-state index < -0.39 is 24.5 Å². The Morgan fingerprint density at radius 3 is 2.60 bits per heavy atom. The second-order valence-electron chi connectivity index (χ2n) is 14.3. The summed E-state index contributed by atoms with van der Waals surface area (Å²) < 4.78 is 11.8. The standard InChI is InChI=1S/C31H54N8O4/c1-17(2)38(13-23-26(40)27(41)30(43-23)39-16-35-25-28(32)33-15-34-29(25)39)20-10-18(11-20)6-9-24-36-21-8-7-19(12-22(21)37-24)31(3,4)14-42-5/h7-8,12,17-18,20,23-30,33-37,40-41H,6,9-11,13-16,32H2,1-5H3. The van der Waals surface area contributed by atoms with Crippen LogP contribution in [0.2, 0.25) is 0 Å². The molecular formula is C31H54N8O4. The molecule has 0 aromatic heterocycles. The van der Waals surface area contributed by atoms with Gasteiger partial charge in [-0.1, -0.05) is 19.9 Å². The summed E-state index contributed by atoms with van der Waals surface area (Å²) in [6, 6.07) is 7.45. The molecule has 1 aromatic rings. The highest BCUT2D eigenvalue weighted by Gasteiger charge is 2.52. The first-order valence-electron chi connectivity index (χ1n) is 16.2. The number of nitrogens with one attached hydrogen (secondary N) is 5. The lowest BCUT2D eigenvalue weighted by Gasteiger charge is -2.46. The smallest absolute Gasteiger partial charge is 0.142 e. The number of hydrogen-bond acceptors (Lipinski definition) is 12. The van der Waals surface area contributed by atoms with Crippen LogP contribution < -0.4 is 32.3 Å². The highest BCUT2D eigenvalue weighted by molar-refractivity contribution is 5.75. The lowest BCUT2D eigenvalue weighted by molar-refractivity contribution is -0.112. The molecular weight excluding hydrogens is 548 g/mol. The zero-order chi connectivity index (χ0) is 30.5. The van der Waals surface area contributed by atoms with E-state index in [4.69, 9.17) is 15.2 Å². The van der Waals surface area contributed by atoms with Gasteiger partial charge in [-0.05, 0) is 63.1 Å². The number of nitrogens with zero attached hydrogens (tertiary/aromatic N) is 2. The van der Waals surface area contributed by atoms with Gasteiger partial charge in [0, 0.05) is 37.8 Å². The van der Waals surface area contributed by atoms with Gasteiger partial charge in [-0.2, -0.15) is 0 Å². The summed E-state index contributed by atoms with van der Waals surface area (Å²) >= 11 is 0. The molecule has 4 aliphatic heterocycles. The number of hydrogen-bond donors (Lipinski definition) is 8. The van der Waals surface area contributed by atoms with Gasteiger partial charge in [-0.25, -0.2) is 4.90 Å². The number of nitrogens with two attached hydrogens (primary N) is 1. The molecule has 8 unspecified atom stereocenters. The van der Waals surface area contributed by atoms with Crippen LogP contribution in [0.25, 0.3) is 0 Å². The van der Waals surface area contributed by atoms with Crippen LogP contribution in [0.5, 0.6) is 0 Å². The van der Waals surface area contributed by atoms with Crippen molar-refractivity contribution >= 4 is 11.4 Å². The monoisotopic (exact) mass is 602 g/mol.